The van der Waals surface area contributed by atoms with Crippen molar-refractivity contribution in [1.29, 1.82) is 0 Å². The Morgan fingerprint density at radius 2 is 2.00 bits per heavy atom. The molecule has 0 saturated heterocycles. The number of benzene rings is 1. The predicted molar refractivity (Wildman–Crippen MR) is 75.8 cm³/mol. The summed E-state index contributed by atoms with van der Waals surface area (Å²) in [5.41, 5.74) is 2.86. The summed E-state index contributed by atoms with van der Waals surface area (Å²) in [4.78, 5) is 8.20. The van der Waals surface area contributed by atoms with Crippen LogP contribution >= 0.6 is 11.3 Å². The summed E-state index contributed by atoms with van der Waals surface area (Å²) in [7, 11) is 0. The Bertz CT molecular complexity index is 510. The van der Waals surface area contributed by atoms with Gasteiger partial charge in [-0.15, -0.1) is 11.3 Å². The van der Waals surface area contributed by atoms with Gasteiger partial charge in [-0.2, -0.15) is 0 Å². The Morgan fingerprint density at radius 3 is 2.67 bits per heavy atom. The molecule has 0 amide bonds. The third kappa shape index (κ3) is 2.26. The van der Waals surface area contributed by atoms with Gasteiger partial charge in [0.15, 0.2) is 5.13 Å². The van der Waals surface area contributed by atoms with Gasteiger partial charge in [0.1, 0.15) is 0 Å². The number of thiazole rings is 1. The van der Waals surface area contributed by atoms with E-state index in [1.165, 1.54) is 16.0 Å². The lowest BCUT2D eigenvalue weighted by Gasteiger charge is -2.12. The van der Waals surface area contributed by atoms with Crippen LogP contribution in [0, 0.1) is 0 Å². The molecule has 0 unspecified atom stereocenters. The second kappa shape index (κ2) is 5.08. The molecule has 94 valence electrons. The summed E-state index contributed by atoms with van der Waals surface area (Å²) in [6, 6.07) is 8.65. The molecule has 0 saturated carbocycles. The van der Waals surface area contributed by atoms with Gasteiger partial charge in [-0.25, -0.2) is 4.98 Å². The van der Waals surface area contributed by atoms with E-state index in [9.17, 15) is 0 Å². The molecule has 4 heteroatoms. The standard InChI is InChI=1S/C14H17N3S/c1-2-15-7-13-8-16-14(18-13)17-9-11-5-3-4-6-12(11)10-17/h3-6,8,15H,2,7,9-10H2,1H3. The maximum absolute atomic E-state index is 4.54. The van der Waals surface area contributed by atoms with Crippen molar-refractivity contribution in [3.8, 4) is 0 Å². The van der Waals surface area contributed by atoms with E-state index in [1.807, 2.05) is 6.20 Å². The van der Waals surface area contributed by atoms with Gasteiger partial charge in [-0.05, 0) is 17.7 Å². The van der Waals surface area contributed by atoms with Crippen LogP contribution in [0.5, 0.6) is 0 Å². The maximum atomic E-state index is 4.54. The highest BCUT2D eigenvalue weighted by Gasteiger charge is 2.20. The van der Waals surface area contributed by atoms with Crippen molar-refractivity contribution in [2.45, 2.75) is 26.6 Å². The van der Waals surface area contributed by atoms with Crippen LogP contribution < -0.4 is 10.2 Å². The Kier molecular flexibility index (Phi) is 3.30. The predicted octanol–water partition coefficient (Wildman–Crippen LogP) is 2.77. The second-order valence-corrected chi connectivity index (χ2v) is 5.61. The van der Waals surface area contributed by atoms with Crippen molar-refractivity contribution in [1.82, 2.24) is 10.3 Å². The second-order valence-electron chi connectivity index (χ2n) is 4.51. The normalized spacial score (nSPS) is 13.9. The van der Waals surface area contributed by atoms with E-state index in [0.717, 1.165) is 31.3 Å². The first-order valence-electron chi connectivity index (χ1n) is 6.34. The summed E-state index contributed by atoms with van der Waals surface area (Å²) in [5, 5.41) is 4.48. The van der Waals surface area contributed by atoms with Gasteiger partial charge in [0.05, 0.1) is 0 Å². The minimum atomic E-state index is 0.926. The molecule has 0 atom stereocenters. The molecule has 0 bridgehead atoms. The van der Waals surface area contributed by atoms with E-state index in [4.69, 9.17) is 0 Å². The molecule has 2 heterocycles. The van der Waals surface area contributed by atoms with Crippen LogP contribution in [0.3, 0.4) is 0 Å². The minimum absolute atomic E-state index is 0.926. The molecular formula is C14H17N3S. The molecule has 1 N–H and O–H groups in total. The van der Waals surface area contributed by atoms with Crippen LogP contribution in [-0.4, -0.2) is 11.5 Å². The molecule has 1 aromatic heterocycles. The molecule has 3 rings (SSSR count). The van der Waals surface area contributed by atoms with Crippen LogP contribution in [-0.2, 0) is 19.6 Å². The number of aromatic nitrogens is 1. The maximum Gasteiger partial charge on any atom is 0.186 e. The molecule has 1 aliphatic rings. The zero-order valence-electron chi connectivity index (χ0n) is 10.5. The fraction of sp³-hybridized carbons (Fsp3) is 0.357. The third-order valence-corrected chi connectivity index (χ3v) is 4.26. The van der Waals surface area contributed by atoms with Crippen molar-refractivity contribution >= 4 is 16.5 Å². The van der Waals surface area contributed by atoms with Crippen LogP contribution in [0.4, 0.5) is 5.13 Å². The molecular weight excluding hydrogens is 242 g/mol. The van der Waals surface area contributed by atoms with Crippen LogP contribution in [0.1, 0.15) is 22.9 Å². The Morgan fingerprint density at radius 1 is 1.28 bits per heavy atom. The Hall–Kier alpha value is -1.39. The molecule has 1 aliphatic heterocycles. The van der Waals surface area contributed by atoms with Crippen molar-refractivity contribution in [2.24, 2.45) is 0 Å². The molecule has 18 heavy (non-hydrogen) atoms. The highest BCUT2D eigenvalue weighted by molar-refractivity contribution is 7.15. The first-order valence-corrected chi connectivity index (χ1v) is 7.15. The Balaban J connectivity index is 1.72. The number of anilines is 1. The van der Waals surface area contributed by atoms with Gasteiger partial charge in [0.2, 0.25) is 0 Å². The van der Waals surface area contributed by atoms with Crippen LogP contribution in [0.25, 0.3) is 0 Å². The summed E-state index contributed by atoms with van der Waals surface area (Å²) in [6.45, 7) is 6.03. The molecule has 0 fully saturated rings. The highest BCUT2D eigenvalue weighted by atomic mass is 32.1. The van der Waals surface area contributed by atoms with E-state index in [1.54, 1.807) is 11.3 Å². The summed E-state index contributed by atoms with van der Waals surface area (Å²) in [6.07, 6.45) is 1.99. The Labute approximate surface area is 111 Å². The number of nitrogens with zero attached hydrogens (tertiary/aromatic N) is 2. The lowest BCUT2D eigenvalue weighted by Crippen LogP contribution is -2.13. The number of hydrogen-bond acceptors (Lipinski definition) is 4. The van der Waals surface area contributed by atoms with Crippen LogP contribution in [0.15, 0.2) is 30.5 Å². The molecule has 1 aromatic carbocycles. The SMILES string of the molecule is CCNCc1cnc(N2Cc3ccccc3C2)s1. The molecule has 2 aromatic rings. The minimum Gasteiger partial charge on any atom is -0.339 e. The van der Waals surface area contributed by atoms with Gasteiger partial charge >= 0.3 is 0 Å². The van der Waals surface area contributed by atoms with Gasteiger partial charge < -0.3 is 10.2 Å². The smallest absolute Gasteiger partial charge is 0.186 e. The topological polar surface area (TPSA) is 28.2 Å². The third-order valence-electron chi connectivity index (χ3n) is 3.20. The van der Waals surface area contributed by atoms with Crippen molar-refractivity contribution < 1.29 is 0 Å². The number of nitrogens with one attached hydrogen (secondary N) is 1. The summed E-state index contributed by atoms with van der Waals surface area (Å²) < 4.78 is 0. The average molecular weight is 259 g/mol. The lowest BCUT2D eigenvalue weighted by molar-refractivity contribution is 0.734. The lowest BCUT2D eigenvalue weighted by atomic mass is 10.1. The largest absolute Gasteiger partial charge is 0.339 e. The average Bonchev–Trinajstić information content (AvgIpc) is 3.02. The number of hydrogen-bond donors (Lipinski definition) is 1. The number of rotatable bonds is 4. The van der Waals surface area contributed by atoms with E-state index in [-0.39, 0.29) is 0 Å². The van der Waals surface area contributed by atoms with Crippen molar-refractivity contribution in [3.63, 3.8) is 0 Å². The molecule has 0 radical (unpaired) electrons. The van der Waals surface area contributed by atoms with Crippen molar-refractivity contribution in [3.05, 3.63) is 46.5 Å². The fourth-order valence-corrected chi connectivity index (χ4v) is 3.12. The van der Waals surface area contributed by atoms with E-state index >= 15 is 0 Å². The monoisotopic (exact) mass is 259 g/mol. The van der Waals surface area contributed by atoms with Gasteiger partial charge in [-0.3, -0.25) is 0 Å². The van der Waals surface area contributed by atoms with Gasteiger partial charge in [0, 0.05) is 30.7 Å². The summed E-state index contributed by atoms with van der Waals surface area (Å²) in [5.74, 6) is 0. The van der Waals surface area contributed by atoms with E-state index < -0.39 is 0 Å². The van der Waals surface area contributed by atoms with E-state index in [0.29, 0.717) is 0 Å². The van der Waals surface area contributed by atoms with Gasteiger partial charge in [0.25, 0.3) is 0 Å². The summed E-state index contributed by atoms with van der Waals surface area (Å²) >= 11 is 1.79. The molecule has 0 spiro atoms. The van der Waals surface area contributed by atoms with Gasteiger partial charge in [-0.1, -0.05) is 31.2 Å². The zero-order valence-corrected chi connectivity index (χ0v) is 11.3. The fourth-order valence-electron chi connectivity index (χ4n) is 2.24. The first-order chi connectivity index (χ1) is 8.86. The molecule has 3 nitrogen and oxygen atoms in total. The van der Waals surface area contributed by atoms with Crippen molar-refractivity contribution in [2.75, 3.05) is 11.4 Å². The van der Waals surface area contributed by atoms with Crippen LogP contribution in [0.2, 0.25) is 0 Å². The van der Waals surface area contributed by atoms with E-state index in [2.05, 4.69) is 46.4 Å². The highest BCUT2D eigenvalue weighted by Crippen LogP contribution is 2.30. The molecule has 0 aliphatic carbocycles. The quantitative estimate of drug-likeness (QED) is 0.915. The first kappa shape index (κ1) is 11.7. The number of fused-ring (bicyclic) bond motifs is 1. The zero-order chi connectivity index (χ0) is 12.4.